The molecule has 0 aliphatic rings. The number of hydrogen-bond donors (Lipinski definition) is 0. The number of benzene rings is 4. The van der Waals surface area contributed by atoms with Gasteiger partial charge in [-0.3, -0.25) is 4.68 Å². The summed E-state index contributed by atoms with van der Waals surface area (Å²) in [5.41, 5.74) is 10.0. The number of fused-ring (bicyclic) bond motifs is 3. The van der Waals surface area contributed by atoms with Gasteiger partial charge in [0, 0.05) is 28.8 Å². The molecule has 250 valence electrons. The van der Waals surface area contributed by atoms with Crippen LogP contribution in [-0.4, -0.2) is 19.3 Å². The van der Waals surface area contributed by atoms with Gasteiger partial charge in [-0.05, 0) is 70.1 Å². The standard InChI is InChI=1S/C43H42N4O.Pt/c1-27(2)41-40(30-16-18-31(19-17-30)43(6,7)8)42(28(3)4)47(45-41)32-12-11-13-33(25-32)48-34-20-21-36-35-14-9-10-15-37(35)46(38(36)26-34)39-24-29(5)22-23-44-39;/h9-24,27-28H,1-8H3;/q-2;+2. The van der Waals surface area contributed by atoms with Crippen LogP contribution in [0.2, 0.25) is 0 Å². The summed E-state index contributed by atoms with van der Waals surface area (Å²) in [4.78, 5) is 4.71. The predicted octanol–water partition coefficient (Wildman–Crippen LogP) is 11.3. The van der Waals surface area contributed by atoms with Crippen LogP contribution in [0.4, 0.5) is 0 Å². The van der Waals surface area contributed by atoms with E-state index in [1.165, 1.54) is 22.4 Å². The van der Waals surface area contributed by atoms with Gasteiger partial charge in [0.2, 0.25) is 0 Å². The smallest absolute Gasteiger partial charge is 0.509 e. The minimum atomic E-state index is 0. The molecule has 49 heavy (non-hydrogen) atoms. The van der Waals surface area contributed by atoms with Gasteiger partial charge < -0.3 is 9.30 Å². The maximum Gasteiger partial charge on any atom is 2.00 e. The van der Waals surface area contributed by atoms with E-state index in [0.29, 0.717) is 11.5 Å². The van der Waals surface area contributed by atoms with Crippen molar-refractivity contribution < 1.29 is 25.8 Å². The molecule has 3 heterocycles. The molecule has 0 spiro atoms. The Hall–Kier alpha value is -4.47. The van der Waals surface area contributed by atoms with Crippen LogP contribution in [0.15, 0.2) is 97.2 Å². The monoisotopic (exact) mass is 825 g/mol. The van der Waals surface area contributed by atoms with Gasteiger partial charge in [0.1, 0.15) is 5.82 Å². The fourth-order valence-corrected chi connectivity index (χ4v) is 6.55. The molecule has 4 aromatic carbocycles. The molecule has 0 radical (unpaired) electrons. The Morgan fingerprint density at radius 1 is 0.755 bits per heavy atom. The third kappa shape index (κ3) is 6.49. The van der Waals surface area contributed by atoms with Crippen LogP contribution in [0, 0.1) is 19.1 Å². The van der Waals surface area contributed by atoms with Gasteiger partial charge in [-0.15, -0.1) is 35.7 Å². The molecular formula is C43H42N4OPt. The molecule has 0 amide bonds. The van der Waals surface area contributed by atoms with Crippen molar-refractivity contribution in [2.24, 2.45) is 0 Å². The summed E-state index contributed by atoms with van der Waals surface area (Å²) in [5.74, 6) is 2.55. The third-order valence-corrected chi connectivity index (χ3v) is 8.97. The molecule has 0 atom stereocenters. The zero-order valence-electron chi connectivity index (χ0n) is 29.4. The van der Waals surface area contributed by atoms with Crippen LogP contribution in [0.1, 0.15) is 82.8 Å². The number of aryl methyl sites for hydroxylation is 1. The van der Waals surface area contributed by atoms with Gasteiger partial charge in [0.15, 0.2) is 0 Å². The molecule has 7 rings (SSSR count). The van der Waals surface area contributed by atoms with Crippen LogP contribution < -0.4 is 4.74 Å². The molecule has 0 aliphatic heterocycles. The molecule has 0 saturated heterocycles. The van der Waals surface area contributed by atoms with Gasteiger partial charge in [0.05, 0.1) is 11.4 Å². The van der Waals surface area contributed by atoms with Crippen LogP contribution >= 0.6 is 0 Å². The SMILES string of the molecule is Cc1ccnc(-n2c3[c-]c(Oc4[c-]c(-n5nc(C(C)C)c(-c6ccc(C(C)(C)C)cc6)c5C(C)C)ccc4)ccc3c3ccccc32)c1.[Pt+2]. The second-order valence-electron chi connectivity index (χ2n) is 14.3. The van der Waals surface area contributed by atoms with E-state index in [4.69, 9.17) is 14.8 Å². The summed E-state index contributed by atoms with van der Waals surface area (Å²) in [6, 6.07) is 38.7. The molecule has 6 heteroatoms. The largest absolute Gasteiger partial charge is 2.00 e. The van der Waals surface area contributed by atoms with E-state index in [2.05, 4.69) is 144 Å². The normalized spacial score (nSPS) is 11.9. The van der Waals surface area contributed by atoms with Crippen molar-refractivity contribution in [3.05, 3.63) is 132 Å². The Balaban J connectivity index is 0.00000417. The Bertz CT molecular complexity index is 2270. The second-order valence-corrected chi connectivity index (χ2v) is 14.3. The topological polar surface area (TPSA) is 44.9 Å². The summed E-state index contributed by atoms with van der Waals surface area (Å²) in [6.07, 6.45) is 1.85. The van der Waals surface area contributed by atoms with E-state index < -0.39 is 0 Å². The molecule has 0 aliphatic carbocycles. The summed E-state index contributed by atoms with van der Waals surface area (Å²) in [6.45, 7) is 17.7. The van der Waals surface area contributed by atoms with Crippen LogP contribution in [0.25, 0.3) is 44.4 Å². The van der Waals surface area contributed by atoms with Gasteiger partial charge in [-0.1, -0.05) is 96.4 Å². The van der Waals surface area contributed by atoms with Crippen LogP contribution in [-0.2, 0) is 26.5 Å². The van der Waals surface area contributed by atoms with E-state index in [9.17, 15) is 0 Å². The molecule has 0 N–H and O–H groups in total. The number of ether oxygens (including phenoxy) is 1. The first-order chi connectivity index (χ1) is 23.0. The Labute approximate surface area is 304 Å². The maximum absolute atomic E-state index is 6.49. The number of hydrogen-bond acceptors (Lipinski definition) is 3. The van der Waals surface area contributed by atoms with Crippen molar-refractivity contribution in [3.63, 3.8) is 0 Å². The molecular weight excluding hydrogens is 784 g/mol. The molecule has 7 aromatic rings. The van der Waals surface area contributed by atoms with E-state index in [1.54, 1.807) is 0 Å². The predicted molar refractivity (Wildman–Crippen MR) is 197 cm³/mol. The zero-order valence-corrected chi connectivity index (χ0v) is 31.7. The van der Waals surface area contributed by atoms with E-state index >= 15 is 0 Å². The fraction of sp³-hybridized carbons (Fsp3) is 0.256. The summed E-state index contributed by atoms with van der Waals surface area (Å²) in [7, 11) is 0. The number of aromatic nitrogens is 4. The van der Waals surface area contributed by atoms with Crippen molar-refractivity contribution in [1.82, 2.24) is 19.3 Å². The van der Waals surface area contributed by atoms with E-state index in [0.717, 1.165) is 44.6 Å². The van der Waals surface area contributed by atoms with Crippen molar-refractivity contribution in [2.75, 3.05) is 0 Å². The summed E-state index contributed by atoms with van der Waals surface area (Å²) in [5, 5.41) is 7.47. The Morgan fingerprint density at radius 2 is 1.49 bits per heavy atom. The number of pyridine rings is 1. The van der Waals surface area contributed by atoms with Crippen molar-refractivity contribution >= 4 is 21.8 Å². The van der Waals surface area contributed by atoms with Crippen molar-refractivity contribution in [3.8, 4) is 34.1 Å². The number of rotatable bonds is 7. The van der Waals surface area contributed by atoms with Crippen molar-refractivity contribution in [2.45, 2.75) is 72.6 Å². The molecule has 3 aromatic heterocycles. The van der Waals surface area contributed by atoms with E-state index in [-0.39, 0.29) is 38.3 Å². The third-order valence-electron chi connectivity index (χ3n) is 8.97. The number of nitrogens with zero attached hydrogens (tertiary/aromatic N) is 4. The molecule has 0 saturated carbocycles. The fourth-order valence-electron chi connectivity index (χ4n) is 6.55. The van der Waals surface area contributed by atoms with Crippen LogP contribution in [0.3, 0.4) is 0 Å². The van der Waals surface area contributed by atoms with E-state index in [1.807, 2.05) is 30.5 Å². The quantitative estimate of drug-likeness (QED) is 0.150. The maximum atomic E-state index is 6.49. The first-order valence-corrected chi connectivity index (χ1v) is 16.8. The second kappa shape index (κ2) is 13.4. The van der Waals surface area contributed by atoms with Gasteiger partial charge >= 0.3 is 21.1 Å². The summed E-state index contributed by atoms with van der Waals surface area (Å²) >= 11 is 0. The molecule has 0 unspecified atom stereocenters. The number of para-hydroxylation sites is 1. The molecule has 0 fully saturated rings. The average Bonchev–Trinajstić information content (AvgIpc) is 3.62. The minimum Gasteiger partial charge on any atom is -0.509 e. The van der Waals surface area contributed by atoms with Gasteiger partial charge in [-0.2, -0.15) is 17.2 Å². The first-order valence-electron chi connectivity index (χ1n) is 16.8. The van der Waals surface area contributed by atoms with Gasteiger partial charge in [0.25, 0.3) is 0 Å². The minimum absolute atomic E-state index is 0. The molecule has 0 bridgehead atoms. The molecule has 5 nitrogen and oxygen atoms in total. The summed E-state index contributed by atoms with van der Waals surface area (Å²) < 4.78 is 10.7. The zero-order chi connectivity index (χ0) is 33.7. The van der Waals surface area contributed by atoms with Crippen molar-refractivity contribution in [1.29, 1.82) is 0 Å². The average molecular weight is 826 g/mol. The first kappa shape index (κ1) is 34.4. The van der Waals surface area contributed by atoms with Gasteiger partial charge in [-0.25, -0.2) is 4.98 Å². The van der Waals surface area contributed by atoms with Crippen LogP contribution in [0.5, 0.6) is 11.5 Å². The Morgan fingerprint density at radius 3 is 2.18 bits per heavy atom. The Kier molecular flexibility index (Phi) is 9.44.